The van der Waals surface area contributed by atoms with Crippen LogP contribution in [0, 0.1) is 0 Å². The molecule has 1 amide bonds. The third-order valence-electron chi connectivity index (χ3n) is 5.71. The quantitative estimate of drug-likeness (QED) is 0.269. The maximum absolute atomic E-state index is 12.7. The van der Waals surface area contributed by atoms with Crippen LogP contribution in [0.3, 0.4) is 0 Å². The molecule has 0 bridgehead atoms. The summed E-state index contributed by atoms with van der Waals surface area (Å²) < 4.78 is 15.4. The molecular formula is C25H27N5O4S. The van der Waals surface area contributed by atoms with E-state index in [9.17, 15) is 9.59 Å². The number of ketones is 1. The van der Waals surface area contributed by atoms with Gasteiger partial charge in [0.1, 0.15) is 11.8 Å². The van der Waals surface area contributed by atoms with Crippen molar-refractivity contribution in [1.29, 1.82) is 0 Å². The average Bonchev–Trinajstić information content (AvgIpc) is 3.59. The highest BCUT2D eigenvalue weighted by atomic mass is 32.1. The second-order valence-corrected chi connectivity index (χ2v) is 8.72. The van der Waals surface area contributed by atoms with Crippen LogP contribution in [-0.2, 0) is 4.79 Å². The van der Waals surface area contributed by atoms with Crippen LogP contribution in [0.4, 0.5) is 0 Å². The summed E-state index contributed by atoms with van der Waals surface area (Å²) in [5.41, 5.74) is 1.74. The number of ether oxygens (including phenoxy) is 1. The summed E-state index contributed by atoms with van der Waals surface area (Å²) in [7, 11) is 1.56. The van der Waals surface area contributed by atoms with Crippen molar-refractivity contribution in [3.63, 3.8) is 0 Å². The Bertz CT molecular complexity index is 1290. The molecule has 0 saturated heterocycles. The number of nitrogens with zero attached hydrogens (tertiary/aromatic N) is 4. The highest BCUT2D eigenvalue weighted by Gasteiger charge is 2.23. The van der Waals surface area contributed by atoms with E-state index in [1.54, 1.807) is 18.7 Å². The van der Waals surface area contributed by atoms with Gasteiger partial charge in [0, 0.05) is 23.6 Å². The lowest BCUT2D eigenvalue weighted by molar-refractivity contribution is -0.118. The van der Waals surface area contributed by atoms with Gasteiger partial charge < -0.3 is 14.5 Å². The van der Waals surface area contributed by atoms with E-state index in [-0.39, 0.29) is 17.4 Å². The number of fused-ring (bicyclic) bond motifs is 1. The third kappa shape index (κ3) is 6.07. The number of oxazole rings is 1. The lowest BCUT2D eigenvalue weighted by Gasteiger charge is -2.15. The van der Waals surface area contributed by atoms with E-state index in [2.05, 4.69) is 24.9 Å². The SMILES string of the molecule is CCC(=O)CCCCCC(NC(=O)c1csnn1)c1ncc(-c2cc3ccccc3nc2OC)o1. The average molecular weight is 494 g/mol. The standard InChI is InChI=1S/C25H27N5O4S/c1-3-17(31)10-5-4-6-12-20(27-23(32)21-15-35-30-29-21)25-26-14-22(34-25)18-13-16-9-7-8-11-19(16)28-24(18)33-2/h7-9,11,13-15,20H,3-6,10,12H2,1-2H3,(H,27,32). The van der Waals surface area contributed by atoms with Crippen molar-refractivity contribution in [2.75, 3.05) is 7.11 Å². The molecule has 1 atom stereocenters. The number of unbranched alkanes of at least 4 members (excludes halogenated alkanes) is 2. The molecule has 1 N–H and O–H groups in total. The molecule has 0 aliphatic carbocycles. The lowest BCUT2D eigenvalue weighted by Crippen LogP contribution is -2.29. The second kappa shape index (κ2) is 11.7. The highest BCUT2D eigenvalue weighted by molar-refractivity contribution is 7.03. The predicted molar refractivity (Wildman–Crippen MR) is 132 cm³/mol. The van der Waals surface area contributed by atoms with Crippen molar-refractivity contribution in [3.05, 3.63) is 53.5 Å². The van der Waals surface area contributed by atoms with Crippen LogP contribution in [0.1, 0.15) is 67.9 Å². The molecule has 0 spiro atoms. The first-order valence-corrected chi connectivity index (χ1v) is 12.4. The molecule has 0 aliphatic rings. The van der Waals surface area contributed by atoms with Gasteiger partial charge in [-0.1, -0.05) is 42.5 Å². The fraction of sp³-hybridized carbons (Fsp3) is 0.360. The summed E-state index contributed by atoms with van der Waals surface area (Å²) >= 11 is 1.11. The zero-order valence-electron chi connectivity index (χ0n) is 19.7. The Morgan fingerprint density at radius 1 is 1.20 bits per heavy atom. The van der Waals surface area contributed by atoms with Gasteiger partial charge in [-0.3, -0.25) is 9.59 Å². The summed E-state index contributed by atoms with van der Waals surface area (Å²) in [6.45, 7) is 1.88. The molecule has 3 aromatic heterocycles. The Balaban J connectivity index is 1.54. The number of carbonyl (C=O) groups excluding carboxylic acids is 2. The molecule has 1 aromatic carbocycles. The molecule has 0 fully saturated rings. The van der Waals surface area contributed by atoms with Crippen LogP contribution >= 0.6 is 11.5 Å². The van der Waals surface area contributed by atoms with Crippen molar-refractivity contribution in [3.8, 4) is 17.2 Å². The number of pyridine rings is 1. The molecule has 10 heteroatoms. The molecule has 0 aliphatic heterocycles. The number of amides is 1. The number of aromatic nitrogens is 4. The van der Waals surface area contributed by atoms with E-state index in [0.717, 1.165) is 41.7 Å². The smallest absolute Gasteiger partial charge is 0.273 e. The van der Waals surface area contributed by atoms with Gasteiger partial charge in [0.25, 0.3) is 5.91 Å². The van der Waals surface area contributed by atoms with Crippen molar-refractivity contribution in [1.82, 2.24) is 24.9 Å². The Morgan fingerprint density at radius 2 is 2.06 bits per heavy atom. The fourth-order valence-electron chi connectivity index (χ4n) is 3.78. The maximum Gasteiger partial charge on any atom is 0.273 e. The van der Waals surface area contributed by atoms with Gasteiger partial charge in [-0.05, 0) is 36.5 Å². The molecule has 182 valence electrons. The minimum atomic E-state index is -0.459. The van der Waals surface area contributed by atoms with Crippen LogP contribution < -0.4 is 10.1 Å². The van der Waals surface area contributed by atoms with Crippen molar-refractivity contribution < 1.29 is 18.7 Å². The van der Waals surface area contributed by atoms with E-state index in [4.69, 9.17) is 9.15 Å². The molecule has 0 radical (unpaired) electrons. The van der Waals surface area contributed by atoms with Gasteiger partial charge in [0.15, 0.2) is 11.5 Å². The number of nitrogens with one attached hydrogen (secondary N) is 1. The Hall–Kier alpha value is -3.66. The zero-order chi connectivity index (χ0) is 24.6. The number of rotatable bonds is 12. The molecular weight excluding hydrogens is 466 g/mol. The van der Waals surface area contributed by atoms with E-state index in [1.165, 1.54) is 0 Å². The minimum absolute atomic E-state index is 0.251. The summed E-state index contributed by atoms with van der Waals surface area (Å²) in [4.78, 5) is 33.3. The highest BCUT2D eigenvalue weighted by Crippen LogP contribution is 2.33. The number of benzene rings is 1. The first-order valence-electron chi connectivity index (χ1n) is 11.6. The van der Waals surface area contributed by atoms with Crippen LogP contribution in [0.2, 0.25) is 0 Å². The second-order valence-electron chi connectivity index (χ2n) is 8.11. The van der Waals surface area contributed by atoms with E-state index in [0.29, 0.717) is 42.4 Å². The minimum Gasteiger partial charge on any atom is -0.480 e. The van der Waals surface area contributed by atoms with Gasteiger partial charge in [-0.2, -0.15) is 0 Å². The van der Waals surface area contributed by atoms with E-state index < -0.39 is 6.04 Å². The van der Waals surface area contributed by atoms with Crippen LogP contribution in [0.25, 0.3) is 22.2 Å². The van der Waals surface area contributed by atoms with Gasteiger partial charge in [-0.15, -0.1) is 5.10 Å². The molecule has 4 aromatic rings. The van der Waals surface area contributed by atoms with Crippen LogP contribution in [0.15, 0.2) is 46.3 Å². The molecule has 3 heterocycles. The Labute approximate surface area is 207 Å². The number of hydrogen-bond donors (Lipinski definition) is 1. The first-order chi connectivity index (χ1) is 17.1. The number of methoxy groups -OCH3 is 1. The lowest BCUT2D eigenvalue weighted by atomic mass is 10.0. The summed E-state index contributed by atoms with van der Waals surface area (Å²) in [6.07, 6.45) is 5.86. The van der Waals surface area contributed by atoms with Gasteiger partial charge >= 0.3 is 0 Å². The molecule has 0 saturated carbocycles. The molecule has 9 nitrogen and oxygen atoms in total. The van der Waals surface area contributed by atoms with Crippen LogP contribution in [-0.4, -0.2) is 38.4 Å². The zero-order valence-corrected chi connectivity index (χ0v) is 20.5. The monoisotopic (exact) mass is 493 g/mol. The largest absolute Gasteiger partial charge is 0.480 e. The topological polar surface area (TPSA) is 120 Å². The summed E-state index contributed by atoms with van der Waals surface area (Å²) in [6, 6.07) is 9.24. The number of para-hydroxylation sites is 1. The molecule has 35 heavy (non-hydrogen) atoms. The summed E-state index contributed by atoms with van der Waals surface area (Å²) in [5.74, 6) is 1.24. The Kier molecular flexibility index (Phi) is 8.15. The maximum atomic E-state index is 12.7. The van der Waals surface area contributed by atoms with Crippen molar-refractivity contribution >= 4 is 34.1 Å². The van der Waals surface area contributed by atoms with Gasteiger partial charge in [-0.25, -0.2) is 9.97 Å². The Morgan fingerprint density at radius 3 is 2.83 bits per heavy atom. The third-order valence-corrected chi connectivity index (χ3v) is 6.21. The normalized spacial score (nSPS) is 11.9. The predicted octanol–water partition coefficient (Wildman–Crippen LogP) is 5.15. The molecule has 1 unspecified atom stereocenters. The fourth-order valence-corrected chi connectivity index (χ4v) is 4.22. The van der Waals surface area contributed by atoms with E-state index in [1.807, 2.05) is 37.3 Å². The number of carbonyl (C=O) groups is 2. The number of hydrogen-bond acceptors (Lipinski definition) is 9. The van der Waals surface area contributed by atoms with Crippen molar-refractivity contribution in [2.24, 2.45) is 0 Å². The van der Waals surface area contributed by atoms with Gasteiger partial charge in [0.05, 0.1) is 24.4 Å². The van der Waals surface area contributed by atoms with Crippen LogP contribution in [0.5, 0.6) is 5.88 Å². The van der Waals surface area contributed by atoms with Crippen molar-refractivity contribution in [2.45, 2.75) is 51.5 Å². The summed E-state index contributed by atoms with van der Waals surface area (Å²) in [5, 5.41) is 9.35. The van der Waals surface area contributed by atoms with E-state index >= 15 is 0 Å². The first kappa shape index (κ1) is 24.5. The number of Topliss-reactive ketones (excluding diaryl/α,β-unsaturated/α-hetero) is 1. The molecule has 4 rings (SSSR count). The van der Waals surface area contributed by atoms with Gasteiger partial charge in [0.2, 0.25) is 11.8 Å².